The van der Waals surface area contributed by atoms with Crippen LogP contribution < -0.4 is 11.1 Å². The SMILES string of the molecule is Nc1ccc(C(=O)Nc2cc(S(=O)(=O)O)cc3cc(S(=O)(=O)O)ccc23)c(S(=O)(=O)O)c1.[NaH].[NaH].[NaH]. The summed E-state index contributed by atoms with van der Waals surface area (Å²) in [4.78, 5) is 10.6. The monoisotopic (exact) mass is 574 g/mol. The van der Waals surface area contributed by atoms with Gasteiger partial charge < -0.3 is 11.1 Å². The molecule has 18 heteroatoms. The number of hydrogen-bond acceptors (Lipinski definition) is 8. The molecule has 0 saturated heterocycles. The minimum atomic E-state index is -4.86. The summed E-state index contributed by atoms with van der Waals surface area (Å²) in [6.07, 6.45) is 0. The van der Waals surface area contributed by atoms with Gasteiger partial charge in [0, 0.05) is 11.1 Å². The van der Waals surface area contributed by atoms with Gasteiger partial charge in [-0.15, -0.1) is 0 Å². The number of rotatable bonds is 5. The van der Waals surface area contributed by atoms with Crippen molar-refractivity contribution in [3.63, 3.8) is 0 Å². The van der Waals surface area contributed by atoms with Crippen LogP contribution in [-0.2, 0) is 30.4 Å². The zero-order valence-corrected chi connectivity index (χ0v) is 18.1. The quantitative estimate of drug-likeness (QED) is 0.148. The fraction of sp³-hybridized carbons (Fsp3) is 0. The summed E-state index contributed by atoms with van der Waals surface area (Å²) in [7, 11) is -14.3. The molecule has 0 spiro atoms. The van der Waals surface area contributed by atoms with E-state index in [9.17, 15) is 43.7 Å². The predicted octanol–water partition coefficient (Wildman–Crippen LogP) is -0.531. The number of carbonyl (C=O) groups is 1. The Morgan fingerprint density at radius 3 is 1.77 bits per heavy atom. The normalized spacial score (nSPS) is 11.5. The predicted molar refractivity (Wildman–Crippen MR) is 134 cm³/mol. The molecule has 176 valence electrons. The van der Waals surface area contributed by atoms with Crippen LogP contribution >= 0.6 is 0 Å². The summed E-state index contributed by atoms with van der Waals surface area (Å²) in [6, 6.07) is 7.83. The van der Waals surface area contributed by atoms with E-state index in [4.69, 9.17) is 5.73 Å². The van der Waals surface area contributed by atoms with E-state index in [1.807, 2.05) is 0 Å². The summed E-state index contributed by atoms with van der Waals surface area (Å²) in [5.41, 5.74) is 4.66. The first kappa shape index (κ1) is 34.9. The first-order valence-electron chi connectivity index (χ1n) is 8.28. The van der Waals surface area contributed by atoms with Crippen molar-refractivity contribution in [1.29, 1.82) is 0 Å². The van der Waals surface area contributed by atoms with E-state index in [-0.39, 0.29) is 111 Å². The number of nitrogens with one attached hydrogen (secondary N) is 1. The minimum absolute atomic E-state index is 0. The van der Waals surface area contributed by atoms with Crippen LogP contribution in [0.4, 0.5) is 11.4 Å². The number of amides is 1. The van der Waals surface area contributed by atoms with Crippen molar-refractivity contribution in [2.75, 3.05) is 11.1 Å². The number of fused-ring (bicyclic) bond motifs is 1. The van der Waals surface area contributed by atoms with Gasteiger partial charge in [-0.05, 0) is 47.9 Å². The number of nitrogens with two attached hydrogens (primary N) is 1. The second-order valence-electron chi connectivity index (χ2n) is 6.49. The van der Waals surface area contributed by atoms with Crippen LogP contribution in [0, 0.1) is 0 Å². The van der Waals surface area contributed by atoms with Crippen LogP contribution in [0.25, 0.3) is 10.8 Å². The van der Waals surface area contributed by atoms with Gasteiger partial charge in [-0.25, -0.2) is 0 Å². The maximum atomic E-state index is 12.7. The molecule has 0 aliphatic carbocycles. The fourth-order valence-electron chi connectivity index (χ4n) is 2.86. The summed E-state index contributed by atoms with van der Waals surface area (Å²) in [5.74, 6) is -1.09. The zero-order valence-electron chi connectivity index (χ0n) is 15.6. The summed E-state index contributed by atoms with van der Waals surface area (Å²) >= 11 is 0. The molecule has 35 heavy (non-hydrogen) atoms. The molecule has 12 nitrogen and oxygen atoms in total. The van der Waals surface area contributed by atoms with E-state index in [0.717, 1.165) is 42.5 Å². The molecule has 0 bridgehead atoms. The Labute approximate surface area is 267 Å². The van der Waals surface area contributed by atoms with Crippen molar-refractivity contribution < 1.29 is 43.7 Å². The van der Waals surface area contributed by atoms with Gasteiger partial charge in [0.1, 0.15) is 4.90 Å². The Hall–Kier alpha value is -0.0800. The standard InChI is InChI=1S/C17H14N2O10S3.3Na.3H/c18-10-1-3-14(16(7-10)32(27,28)29)17(20)19-15-8-12(31(24,25)26)6-9-5-11(30(21,22)23)2-4-13(9)15;;;;;;/h1-8H,18H2,(H,19,20)(H,21,22,23)(H,24,25,26)(H,27,28,29);;;;;;. The van der Waals surface area contributed by atoms with Crippen molar-refractivity contribution in [2.24, 2.45) is 0 Å². The Morgan fingerprint density at radius 1 is 0.714 bits per heavy atom. The molecular formula is C17H17N2Na3O10S3. The molecule has 0 heterocycles. The van der Waals surface area contributed by atoms with E-state index < -0.39 is 56.5 Å². The van der Waals surface area contributed by atoms with Crippen LogP contribution in [0.2, 0.25) is 0 Å². The van der Waals surface area contributed by atoms with Gasteiger partial charge in [-0.2, -0.15) is 25.3 Å². The second-order valence-corrected chi connectivity index (χ2v) is 10.7. The second kappa shape index (κ2) is 12.6. The number of anilines is 2. The molecular weight excluding hydrogens is 557 g/mol. The average molecular weight is 574 g/mol. The molecule has 0 unspecified atom stereocenters. The van der Waals surface area contributed by atoms with Gasteiger partial charge in [0.05, 0.1) is 21.0 Å². The third-order valence-electron chi connectivity index (χ3n) is 4.27. The van der Waals surface area contributed by atoms with Gasteiger partial charge in [0.2, 0.25) is 0 Å². The Bertz CT molecular complexity index is 1600. The number of carbonyl (C=O) groups excluding carboxylic acids is 1. The fourth-order valence-corrected chi connectivity index (χ4v) is 4.65. The third kappa shape index (κ3) is 8.46. The molecule has 6 N–H and O–H groups in total. The van der Waals surface area contributed by atoms with Crippen LogP contribution in [0.1, 0.15) is 10.4 Å². The molecule has 0 radical (unpaired) electrons. The molecule has 3 aromatic rings. The van der Waals surface area contributed by atoms with Crippen LogP contribution in [0.5, 0.6) is 0 Å². The van der Waals surface area contributed by atoms with E-state index in [1.54, 1.807) is 0 Å². The van der Waals surface area contributed by atoms with Crippen molar-refractivity contribution in [3.8, 4) is 0 Å². The molecule has 0 fully saturated rings. The zero-order chi connectivity index (χ0) is 24.1. The van der Waals surface area contributed by atoms with Gasteiger partial charge in [-0.3, -0.25) is 18.5 Å². The van der Waals surface area contributed by atoms with Crippen LogP contribution in [0.15, 0.2) is 63.2 Å². The Kier molecular flexibility index (Phi) is 12.6. The first-order chi connectivity index (χ1) is 14.6. The average Bonchev–Trinajstić information content (AvgIpc) is 2.65. The molecule has 1 amide bonds. The van der Waals surface area contributed by atoms with E-state index in [2.05, 4.69) is 5.32 Å². The summed E-state index contributed by atoms with van der Waals surface area (Å²) in [5, 5.41) is 2.25. The maximum absolute atomic E-state index is 12.7. The van der Waals surface area contributed by atoms with Crippen molar-refractivity contribution >= 4 is 147 Å². The number of benzene rings is 3. The van der Waals surface area contributed by atoms with Crippen molar-refractivity contribution in [1.82, 2.24) is 0 Å². The van der Waals surface area contributed by atoms with Crippen LogP contribution in [-0.4, -0.2) is 133 Å². The van der Waals surface area contributed by atoms with Crippen molar-refractivity contribution in [2.45, 2.75) is 14.7 Å². The van der Waals surface area contributed by atoms with Gasteiger partial charge in [0.25, 0.3) is 36.3 Å². The Balaban J connectivity index is 0.00000385. The topological polar surface area (TPSA) is 218 Å². The summed E-state index contributed by atoms with van der Waals surface area (Å²) in [6.45, 7) is 0. The molecule has 0 aliphatic rings. The first-order valence-corrected chi connectivity index (χ1v) is 12.6. The molecule has 0 aliphatic heterocycles. The van der Waals surface area contributed by atoms with E-state index in [1.165, 1.54) is 6.07 Å². The molecule has 0 atom stereocenters. The third-order valence-corrected chi connectivity index (χ3v) is 6.84. The van der Waals surface area contributed by atoms with Gasteiger partial charge in [-0.1, -0.05) is 6.07 Å². The van der Waals surface area contributed by atoms with Gasteiger partial charge in [0.15, 0.2) is 0 Å². The van der Waals surface area contributed by atoms with E-state index >= 15 is 0 Å². The van der Waals surface area contributed by atoms with E-state index in [0.29, 0.717) is 0 Å². The number of nitrogen functional groups attached to an aromatic ring is 1. The molecule has 0 aromatic heterocycles. The summed E-state index contributed by atoms with van der Waals surface area (Å²) < 4.78 is 97.3. The molecule has 0 saturated carbocycles. The number of hydrogen-bond donors (Lipinski definition) is 5. The van der Waals surface area contributed by atoms with Crippen molar-refractivity contribution in [3.05, 3.63) is 54.1 Å². The van der Waals surface area contributed by atoms with Crippen LogP contribution in [0.3, 0.4) is 0 Å². The van der Waals surface area contributed by atoms with Gasteiger partial charge >= 0.3 is 88.7 Å². The molecule has 3 rings (SSSR count). The molecule has 3 aromatic carbocycles. The Morgan fingerprint density at radius 2 is 1.26 bits per heavy atom.